The van der Waals surface area contributed by atoms with E-state index < -0.39 is 11.9 Å². The number of carbonyl (C=O) groups excluding carboxylic acids is 1. The number of anilines is 1. The number of pyridine rings is 1. The summed E-state index contributed by atoms with van der Waals surface area (Å²) in [5.74, 6) is -2.32. The maximum atomic E-state index is 13.0. The molecule has 1 aliphatic carbocycles. The highest BCUT2D eigenvalue weighted by Crippen LogP contribution is 2.39. The van der Waals surface area contributed by atoms with Gasteiger partial charge in [-0.05, 0) is 42.9 Å². The van der Waals surface area contributed by atoms with Crippen LogP contribution in [-0.2, 0) is 22.6 Å². The Hall–Kier alpha value is -4.00. The molecule has 1 heterocycles. The van der Waals surface area contributed by atoms with E-state index in [1.165, 1.54) is 16.7 Å². The third-order valence-electron chi connectivity index (χ3n) is 5.85. The molecule has 0 bridgehead atoms. The Kier molecular flexibility index (Phi) is 7.69. The lowest BCUT2D eigenvalue weighted by Gasteiger charge is -2.31. The number of carbonyl (C=O) groups is 3. The van der Waals surface area contributed by atoms with Crippen molar-refractivity contribution in [1.29, 1.82) is 0 Å². The van der Waals surface area contributed by atoms with E-state index in [2.05, 4.69) is 57.3 Å². The van der Waals surface area contributed by atoms with Gasteiger partial charge in [0.25, 0.3) is 0 Å². The highest BCUT2D eigenvalue weighted by Gasteiger charge is 2.34. The van der Waals surface area contributed by atoms with Crippen molar-refractivity contribution in [2.45, 2.75) is 47.1 Å². The summed E-state index contributed by atoms with van der Waals surface area (Å²) in [7, 11) is 0. The molecule has 1 aliphatic rings. The smallest absolute Gasteiger partial charge is 0.328 e. The number of ketones is 1. The lowest BCUT2D eigenvalue weighted by molar-refractivity contribution is -0.134. The second kappa shape index (κ2) is 10.5. The lowest BCUT2D eigenvalue weighted by atomic mass is 9.75. The molecule has 3 N–H and O–H groups in total. The number of fused-ring (bicyclic) bond motifs is 2. The van der Waals surface area contributed by atoms with Gasteiger partial charge in [-0.15, -0.1) is 0 Å². The van der Waals surface area contributed by atoms with Crippen molar-refractivity contribution in [3.63, 3.8) is 0 Å². The first kappa shape index (κ1) is 25.6. The lowest BCUT2D eigenvalue weighted by Crippen LogP contribution is -2.29. The molecule has 0 saturated heterocycles. The summed E-state index contributed by atoms with van der Waals surface area (Å²) in [6, 6.07) is 14.6. The minimum atomic E-state index is -1.26. The second-order valence-corrected chi connectivity index (χ2v) is 9.56. The molecular formula is C28H30N2O5. The molecule has 2 aromatic carbocycles. The Morgan fingerprint density at radius 3 is 2.31 bits per heavy atom. The fourth-order valence-corrected chi connectivity index (χ4v) is 4.28. The van der Waals surface area contributed by atoms with Crippen molar-refractivity contribution in [1.82, 2.24) is 4.98 Å². The molecular weight excluding hydrogens is 444 g/mol. The number of hydrogen-bond donors (Lipinski definition) is 3. The van der Waals surface area contributed by atoms with Gasteiger partial charge >= 0.3 is 11.9 Å². The number of aryl methyl sites for hydroxylation is 2. The monoisotopic (exact) mass is 474 g/mol. The van der Waals surface area contributed by atoms with Crippen LogP contribution in [0.5, 0.6) is 0 Å². The molecule has 0 atom stereocenters. The molecule has 0 amide bonds. The number of carboxylic acid groups (broad SMARTS) is 2. The van der Waals surface area contributed by atoms with E-state index in [1.54, 1.807) is 0 Å². The first-order valence-electron chi connectivity index (χ1n) is 11.4. The molecule has 182 valence electrons. The molecule has 1 aromatic heterocycles. The molecule has 35 heavy (non-hydrogen) atoms. The second-order valence-electron chi connectivity index (χ2n) is 9.56. The molecule has 0 aliphatic heterocycles. The van der Waals surface area contributed by atoms with Crippen LogP contribution in [0.3, 0.4) is 0 Å². The topological polar surface area (TPSA) is 117 Å². The zero-order chi connectivity index (χ0) is 25.8. The summed E-state index contributed by atoms with van der Waals surface area (Å²) in [6.07, 6.45) is 2.51. The van der Waals surface area contributed by atoms with Crippen LogP contribution in [-0.4, -0.2) is 32.9 Å². The van der Waals surface area contributed by atoms with Crippen molar-refractivity contribution < 1.29 is 24.6 Å². The van der Waals surface area contributed by atoms with Crippen LogP contribution in [0.4, 0.5) is 5.69 Å². The number of aromatic nitrogens is 1. The minimum absolute atomic E-state index is 0.0373. The number of aliphatic carboxylic acids is 2. The summed E-state index contributed by atoms with van der Waals surface area (Å²) in [4.78, 5) is 37.0. The largest absolute Gasteiger partial charge is 0.478 e. The van der Waals surface area contributed by atoms with Crippen molar-refractivity contribution >= 4 is 34.3 Å². The molecule has 4 rings (SSSR count). The van der Waals surface area contributed by atoms with Crippen LogP contribution in [0.15, 0.2) is 54.6 Å². The maximum absolute atomic E-state index is 13.0. The average Bonchev–Trinajstić information content (AvgIpc) is 2.76. The van der Waals surface area contributed by atoms with Gasteiger partial charge in [-0.2, -0.15) is 0 Å². The Balaban J connectivity index is 0.000000371. The Bertz CT molecular complexity index is 1310. The number of nitrogens with one attached hydrogen (secondary N) is 1. The number of Topliss-reactive ketones (excluding diaryl/α,β-unsaturated/α-hetero) is 1. The highest BCUT2D eigenvalue weighted by molar-refractivity contribution is 6.10. The zero-order valence-electron chi connectivity index (χ0n) is 20.4. The van der Waals surface area contributed by atoms with E-state index >= 15 is 0 Å². The van der Waals surface area contributed by atoms with Crippen LogP contribution < -0.4 is 5.32 Å². The molecule has 0 spiro atoms. The van der Waals surface area contributed by atoms with Gasteiger partial charge in [-0.1, -0.05) is 55.8 Å². The SMILES string of the molecule is Cc1ccc(CNc2c3c(nc4ccccc24)CC(C)(C)CC3=O)c(C)c1.O=C(O)/C=C/C(=O)O. The normalized spacial score (nSPS) is 14.2. The Morgan fingerprint density at radius 1 is 1.03 bits per heavy atom. The van der Waals surface area contributed by atoms with Gasteiger partial charge in [-0.3, -0.25) is 9.78 Å². The predicted molar refractivity (Wildman–Crippen MR) is 136 cm³/mol. The zero-order valence-corrected chi connectivity index (χ0v) is 20.4. The van der Waals surface area contributed by atoms with Crippen molar-refractivity contribution in [3.8, 4) is 0 Å². The van der Waals surface area contributed by atoms with Crippen molar-refractivity contribution in [3.05, 3.63) is 82.6 Å². The number of para-hydroxylation sites is 1. The molecule has 0 radical (unpaired) electrons. The maximum Gasteiger partial charge on any atom is 0.328 e. The number of benzene rings is 2. The number of nitrogens with zero attached hydrogens (tertiary/aromatic N) is 1. The van der Waals surface area contributed by atoms with E-state index in [-0.39, 0.29) is 11.2 Å². The first-order valence-corrected chi connectivity index (χ1v) is 11.4. The molecule has 7 heteroatoms. The summed E-state index contributed by atoms with van der Waals surface area (Å²) in [5.41, 5.74) is 7.35. The van der Waals surface area contributed by atoms with Gasteiger partial charge in [-0.25, -0.2) is 9.59 Å². The average molecular weight is 475 g/mol. The summed E-state index contributed by atoms with van der Waals surface area (Å²) in [6.45, 7) is 9.24. The summed E-state index contributed by atoms with van der Waals surface area (Å²) in [5, 5.41) is 20.2. The molecule has 3 aromatic rings. The third-order valence-corrected chi connectivity index (χ3v) is 5.85. The van der Waals surface area contributed by atoms with E-state index in [4.69, 9.17) is 15.2 Å². The van der Waals surface area contributed by atoms with Gasteiger partial charge in [0.05, 0.1) is 22.5 Å². The summed E-state index contributed by atoms with van der Waals surface area (Å²) >= 11 is 0. The van der Waals surface area contributed by atoms with Crippen LogP contribution in [0.2, 0.25) is 0 Å². The molecule has 0 fully saturated rings. The summed E-state index contributed by atoms with van der Waals surface area (Å²) < 4.78 is 0. The quantitative estimate of drug-likeness (QED) is 0.428. The minimum Gasteiger partial charge on any atom is -0.478 e. The van der Waals surface area contributed by atoms with Crippen LogP contribution in [0.25, 0.3) is 10.9 Å². The van der Waals surface area contributed by atoms with Crippen molar-refractivity contribution in [2.75, 3.05) is 5.32 Å². The van der Waals surface area contributed by atoms with Gasteiger partial charge in [0, 0.05) is 30.5 Å². The van der Waals surface area contributed by atoms with Gasteiger partial charge in [0.15, 0.2) is 5.78 Å². The molecule has 0 unspecified atom stereocenters. The van der Waals surface area contributed by atoms with E-state index in [1.807, 2.05) is 18.2 Å². The molecule has 0 saturated carbocycles. The number of carboxylic acids is 2. The van der Waals surface area contributed by atoms with Crippen LogP contribution in [0, 0.1) is 19.3 Å². The van der Waals surface area contributed by atoms with Gasteiger partial charge < -0.3 is 15.5 Å². The van der Waals surface area contributed by atoms with Crippen LogP contribution >= 0.6 is 0 Å². The van der Waals surface area contributed by atoms with Gasteiger partial charge in [0.2, 0.25) is 0 Å². The number of hydrogen-bond acceptors (Lipinski definition) is 5. The number of rotatable bonds is 5. The fourth-order valence-electron chi connectivity index (χ4n) is 4.28. The Labute approximate surface area is 204 Å². The molecule has 7 nitrogen and oxygen atoms in total. The van der Waals surface area contributed by atoms with E-state index in [0.717, 1.165) is 34.3 Å². The first-order chi connectivity index (χ1) is 16.5. The van der Waals surface area contributed by atoms with Crippen molar-refractivity contribution in [2.24, 2.45) is 5.41 Å². The van der Waals surface area contributed by atoms with E-state index in [9.17, 15) is 14.4 Å². The highest BCUT2D eigenvalue weighted by atomic mass is 16.4. The Morgan fingerprint density at radius 2 is 1.69 bits per heavy atom. The third kappa shape index (κ3) is 6.53. The predicted octanol–water partition coefficient (Wildman–Crippen LogP) is 5.33. The fraction of sp³-hybridized carbons (Fsp3) is 0.286. The van der Waals surface area contributed by atoms with Gasteiger partial charge in [0.1, 0.15) is 0 Å². The van der Waals surface area contributed by atoms with Crippen LogP contribution in [0.1, 0.15) is 53.0 Å². The van der Waals surface area contributed by atoms with E-state index in [0.29, 0.717) is 25.1 Å². The standard InChI is InChI=1S/C24H26N2O.C4H4O4/c1-15-9-10-17(16(2)11-15)14-25-23-18-7-5-6-8-19(18)26-20-12-24(3,4)13-21(27)22(20)23;5-3(6)1-2-4(7)8/h5-11H,12-14H2,1-4H3,(H,25,26);1-2H,(H,5,6)(H,7,8)/b;2-1+.